The van der Waals surface area contributed by atoms with Gasteiger partial charge < -0.3 is 10.1 Å². The number of carbonyl (C=O) groups excluding carboxylic acids is 1. The van der Waals surface area contributed by atoms with E-state index in [1.807, 2.05) is 0 Å². The van der Waals surface area contributed by atoms with Gasteiger partial charge in [0, 0.05) is 18.7 Å². The van der Waals surface area contributed by atoms with Crippen LogP contribution in [-0.4, -0.2) is 33.2 Å². The van der Waals surface area contributed by atoms with Crippen molar-refractivity contribution in [3.05, 3.63) is 52.5 Å². The van der Waals surface area contributed by atoms with Crippen molar-refractivity contribution in [1.29, 1.82) is 0 Å². The molecule has 2 aromatic carbocycles. The molecule has 138 valence electrons. The van der Waals surface area contributed by atoms with Crippen LogP contribution in [0.2, 0.25) is 10.0 Å². The molecule has 0 radical (unpaired) electrons. The zero-order chi connectivity index (χ0) is 18.9. The van der Waals surface area contributed by atoms with Crippen molar-refractivity contribution in [2.75, 3.05) is 22.4 Å². The smallest absolute Gasteiger partial charge is 0.265 e. The summed E-state index contributed by atoms with van der Waals surface area (Å²) in [5, 5.41) is 3.42. The molecule has 2 aromatic rings. The number of benzene rings is 2. The third-order valence-electron chi connectivity index (χ3n) is 3.88. The second-order valence-electron chi connectivity index (χ2n) is 5.82. The van der Waals surface area contributed by atoms with E-state index in [9.17, 15) is 13.2 Å². The van der Waals surface area contributed by atoms with Crippen molar-refractivity contribution >= 4 is 50.5 Å². The molecule has 0 fully saturated rings. The van der Waals surface area contributed by atoms with Gasteiger partial charge in [-0.25, -0.2) is 8.42 Å². The number of para-hydroxylation sites is 2. The summed E-state index contributed by atoms with van der Waals surface area (Å²) in [6.07, 6.45) is 0.478. The molecule has 0 saturated heterocycles. The number of hydrogen-bond donors (Lipinski definition) is 1. The van der Waals surface area contributed by atoms with Gasteiger partial charge in [-0.3, -0.25) is 9.10 Å². The molecule has 0 spiro atoms. The lowest BCUT2D eigenvalue weighted by molar-refractivity contribution is -0.122. The maximum absolute atomic E-state index is 12.6. The molecule has 0 unspecified atom stereocenters. The van der Waals surface area contributed by atoms with Gasteiger partial charge in [0.05, 0.1) is 22.0 Å². The zero-order valence-corrected chi connectivity index (χ0v) is 16.1. The number of rotatable bonds is 3. The maximum Gasteiger partial charge on any atom is 0.265 e. The molecule has 3 rings (SSSR count). The number of halogens is 2. The van der Waals surface area contributed by atoms with Crippen molar-refractivity contribution in [3.8, 4) is 5.75 Å². The van der Waals surface area contributed by atoms with Gasteiger partial charge in [-0.2, -0.15) is 0 Å². The molecule has 9 heteroatoms. The number of hydrogen-bond acceptors (Lipinski definition) is 4. The van der Waals surface area contributed by atoms with Crippen LogP contribution >= 0.6 is 23.2 Å². The van der Waals surface area contributed by atoms with Crippen LogP contribution in [0.15, 0.2) is 42.5 Å². The summed E-state index contributed by atoms with van der Waals surface area (Å²) in [6, 6.07) is 11.5. The minimum absolute atomic E-state index is 0.134. The van der Waals surface area contributed by atoms with Crippen LogP contribution in [-0.2, 0) is 14.8 Å². The molecule has 1 N–H and O–H groups in total. The van der Waals surface area contributed by atoms with Gasteiger partial charge in [0.15, 0.2) is 6.10 Å². The van der Waals surface area contributed by atoms with E-state index in [-0.39, 0.29) is 13.0 Å². The SMILES string of the molecule is CS(=O)(=O)N1CC[C@@H](C(=O)Nc2ccc(Cl)c(Cl)c2)Oc2ccccc21. The van der Waals surface area contributed by atoms with Gasteiger partial charge in [0.1, 0.15) is 5.75 Å². The summed E-state index contributed by atoms with van der Waals surface area (Å²) in [6.45, 7) is 0.134. The lowest BCUT2D eigenvalue weighted by Gasteiger charge is -2.20. The highest BCUT2D eigenvalue weighted by Crippen LogP contribution is 2.34. The van der Waals surface area contributed by atoms with E-state index in [4.69, 9.17) is 27.9 Å². The second kappa shape index (κ2) is 7.34. The molecular weight excluding hydrogens is 399 g/mol. The van der Waals surface area contributed by atoms with Gasteiger partial charge >= 0.3 is 0 Å². The highest BCUT2D eigenvalue weighted by atomic mass is 35.5. The van der Waals surface area contributed by atoms with Crippen molar-refractivity contribution in [2.45, 2.75) is 12.5 Å². The summed E-state index contributed by atoms with van der Waals surface area (Å²) in [5.41, 5.74) is 0.894. The largest absolute Gasteiger partial charge is 0.478 e. The predicted octanol–water partition coefficient (Wildman–Crippen LogP) is 3.55. The molecule has 6 nitrogen and oxygen atoms in total. The van der Waals surface area contributed by atoms with Gasteiger partial charge in [0.2, 0.25) is 10.0 Å². The molecule has 1 aliphatic heterocycles. The highest BCUT2D eigenvalue weighted by molar-refractivity contribution is 7.92. The Bertz CT molecular complexity index is 950. The summed E-state index contributed by atoms with van der Waals surface area (Å²) in [5.74, 6) is -0.0572. The van der Waals surface area contributed by atoms with Gasteiger partial charge in [0.25, 0.3) is 5.91 Å². The van der Waals surface area contributed by atoms with Crippen molar-refractivity contribution in [3.63, 3.8) is 0 Å². The van der Waals surface area contributed by atoms with Crippen LogP contribution in [0.1, 0.15) is 6.42 Å². The van der Waals surface area contributed by atoms with E-state index < -0.39 is 22.0 Å². The van der Waals surface area contributed by atoms with E-state index >= 15 is 0 Å². The minimum atomic E-state index is -3.49. The number of nitrogens with one attached hydrogen (secondary N) is 1. The first-order valence-corrected chi connectivity index (χ1v) is 10.4. The van der Waals surface area contributed by atoms with Gasteiger partial charge in [-0.15, -0.1) is 0 Å². The molecule has 1 heterocycles. The molecule has 1 atom stereocenters. The molecule has 0 saturated carbocycles. The van der Waals surface area contributed by atoms with Gasteiger partial charge in [-0.1, -0.05) is 35.3 Å². The Morgan fingerprint density at radius 3 is 2.62 bits per heavy atom. The van der Waals surface area contributed by atoms with Gasteiger partial charge in [-0.05, 0) is 30.3 Å². The van der Waals surface area contributed by atoms with Crippen LogP contribution in [0.4, 0.5) is 11.4 Å². The summed E-state index contributed by atoms with van der Waals surface area (Å²) >= 11 is 11.8. The monoisotopic (exact) mass is 414 g/mol. The van der Waals surface area contributed by atoms with Crippen molar-refractivity contribution in [2.24, 2.45) is 0 Å². The molecule has 0 aliphatic carbocycles. The topological polar surface area (TPSA) is 75.7 Å². The van der Waals surface area contributed by atoms with Crippen LogP contribution in [0.3, 0.4) is 0 Å². The average molecular weight is 415 g/mol. The number of amides is 1. The number of ether oxygens (including phenoxy) is 1. The van der Waals surface area contributed by atoms with Crippen molar-refractivity contribution < 1.29 is 17.9 Å². The fraction of sp³-hybridized carbons (Fsp3) is 0.235. The predicted molar refractivity (Wildman–Crippen MR) is 103 cm³/mol. The molecule has 26 heavy (non-hydrogen) atoms. The lowest BCUT2D eigenvalue weighted by atomic mass is 10.2. The highest BCUT2D eigenvalue weighted by Gasteiger charge is 2.31. The van der Waals surface area contributed by atoms with Crippen LogP contribution in [0.5, 0.6) is 5.75 Å². The Morgan fingerprint density at radius 2 is 1.92 bits per heavy atom. The third kappa shape index (κ3) is 4.06. The number of nitrogens with zero attached hydrogens (tertiary/aromatic N) is 1. The molecule has 0 bridgehead atoms. The fourth-order valence-electron chi connectivity index (χ4n) is 2.66. The van der Waals surface area contributed by atoms with E-state index in [1.165, 1.54) is 10.4 Å². The first-order chi connectivity index (χ1) is 12.3. The Balaban J connectivity index is 1.84. The third-order valence-corrected chi connectivity index (χ3v) is 5.80. The Kier molecular flexibility index (Phi) is 5.32. The average Bonchev–Trinajstić information content (AvgIpc) is 2.77. The number of anilines is 2. The van der Waals surface area contributed by atoms with E-state index in [0.717, 1.165) is 6.26 Å². The van der Waals surface area contributed by atoms with E-state index in [2.05, 4.69) is 5.32 Å². The van der Waals surface area contributed by atoms with E-state index in [1.54, 1.807) is 36.4 Å². The Morgan fingerprint density at radius 1 is 1.19 bits per heavy atom. The number of fused-ring (bicyclic) bond motifs is 1. The molecule has 0 aromatic heterocycles. The normalized spacial score (nSPS) is 17.0. The zero-order valence-electron chi connectivity index (χ0n) is 13.8. The molecular formula is C17H16Cl2N2O4S. The molecule has 1 aliphatic rings. The lowest BCUT2D eigenvalue weighted by Crippen LogP contribution is -2.35. The standard InChI is InChI=1S/C17H16Cl2N2O4S/c1-26(23,24)21-9-8-16(25-15-5-3-2-4-14(15)21)17(22)20-11-6-7-12(18)13(19)10-11/h2-7,10,16H,8-9H2,1H3,(H,20,22)/t16-/m0/s1. The van der Waals surface area contributed by atoms with Crippen molar-refractivity contribution in [1.82, 2.24) is 0 Å². The quantitative estimate of drug-likeness (QED) is 0.832. The summed E-state index contributed by atoms with van der Waals surface area (Å²) in [7, 11) is -3.49. The van der Waals surface area contributed by atoms with Crippen LogP contribution < -0.4 is 14.4 Å². The fourth-order valence-corrected chi connectivity index (χ4v) is 3.90. The number of carbonyl (C=O) groups is 1. The minimum Gasteiger partial charge on any atom is -0.478 e. The first kappa shape index (κ1) is 18.8. The Labute approximate surface area is 161 Å². The van der Waals surface area contributed by atoms with Crippen LogP contribution in [0, 0.1) is 0 Å². The van der Waals surface area contributed by atoms with Crippen LogP contribution in [0.25, 0.3) is 0 Å². The number of sulfonamides is 1. The first-order valence-electron chi connectivity index (χ1n) is 7.75. The Hall–Kier alpha value is -1.96. The summed E-state index contributed by atoms with van der Waals surface area (Å²) < 4.78 is 31.2. The van der Waals surface area contributed by atoms with E-state index in [0.29, 0.717) is 27.2 Å². The second-order valence-corrected chi connectivity index (χ2v) is 8.54. The maximum atomic E-state index is 12.6. The summed E-state index contributed by atoms with van der Waals surface area (Å²) in [4.78, 5) is 12.6. The molecule has 1 amide bonds.